The number of para-hydroxylation sites is 1. The van der Waals surface area contributed by atoms with E-state index < -0.39 is 0 Å². The zero-order valence-corrected chi connectivity index (χ0v) is 11.4. The fraction of sp³-hybridized carbons (Fsp3) is 0.400. The first-order valence-electron chi connectivity index (χ1n) is 6.57. The number of nitrogens with two attached hydrogens (primary N) is 1. The van der Waals surface area contributed by atoms with Gasteiger partial charge in [0.1, 0.15) is 5.75 Å². The van der Waals surface area contributed by atoms with Crippen molar-refractivity contribution in [1.82, 2.24) is 4.98 Å². The van der Waals surface area contributed by atoms with Crippen LogP contribution in [0.2, 0.25) is 0 Å². The molecular formula is C15H20N2O2. The maximum Gasteiger partial charge on any atom is 0.208 e. The minimum Gasteiger partial charge on any atom is -0.493 e. The van der Waals surface area contributed by atoms with Crippen molar-refractivity contribution in [3.8, 4) is 17.1 Å². The van der Waals surface area contributed by atoms with E-state index in [4.69, 9.17) is 14.9 Å². The molecule has 0 radical (unpaired) electrons. The highest BCUT2D eigenvalue weighted by molar-refractivity contribution is 5.64. The zero-order chi connectivity index (χ0) is 13.7. The van der Waals surface area contributed by atoms with Crippen molar-refractivity contribution in [3.63, 3.8) is 0 Å². The van der Waals surface area contributed by atoms with Crippen LogP contribution in [0, 0.1) is 5.92 Å². The number of nitrogens with zero attached hydrogens (tertiary/aromatic N) is 1. The van der Waals surface area contributed by atoms with E-state index in [0.717, 1.165) is 17.7 Å². The summed E-state index contributed by atoms with van der Waals surface area (Å²) in [6.45, 7) is 5.36. The zero-order valence-electron chi connectivity index (χ0n) is 11.4. The van der Waals surface area contributed by atoms with Crippen LogP contribution in [0.3, 0.4) is 0 Å². The summed E-state index contributed by atoms with van der Waals surface area (Å²) in [6.07, 6.45) is 2.71. The lowest BCUT2D eigenvalue weighted by molar-refractivity contribution is 0.290. The second-order valence-corrected chi connectivity index (χ2v) is 4.85. The molecule has 0 amide bonds. The molecule has 19 heavy (non-hydrogen) atoms. The third-order valence-electron chi connectivity index (χ3n) is 2.83. The van der Waals surface area contributed by atoms with E-state index in [-0.39, 0.29) is 0 Å². The number of hydrogen-bond donors (Lipinski definition) is 1. The van der Waals surface area contributed by atoms with Gasteiger partial charge in [0.15, 0.2) is 5.76 Å². The van der Waals surface area contributed by atoms with Crippen LogP contribution < -0.4 is 10.5 Å². The highest BCUT2D eigenvalue weighted by Gasteiger charge is 2.11. The molecule has 1 heterocycles. The van der Waals surface area contributed by atoms with Gasteiger partial charge in [-0.15, -0.1) is 0 Å². The number of benzene rings is 1. The molecule has 102 valence electrons. The molecule has 1 aromatic heterocycles. The molecule has 0 saturated carbocycles. The van der Waals surface area contributed by atoms with Crippen LogP contribution in [0.4, 0.5) is 0 Å². The number of rotatable bonds is 6. The number of aromatic nitrogens is 1. The van der Waals surface area contributed by atoms with Gasteiger partial charge in [0, 0.05) is 0 Å². The van der Waals surface area contributed by atoms with Crippen LogP contribution in [-0.2, 0) is 6.54 Å². The van der Waals surface area contributed by atoms with Crippen LogP contribution >= 0.6 is 0 Å². The second kappa shape index (κ2) is 6.38. The van der Waals surface area contributed by atoms with Gasteiger partial charge in [0.25, 0.3) is 0 Å². The Balaban J connectivity index is 2.15. The topological polar surface area (TPSA) is 61.3 Å². The van der Waals surface area contributed by atoms with E-state index in [1.54, 1.807) is 6.20 Å². The summed E-state index contributed by atoms with van der Waals surface area (Å²) in [5.41, 5.74) is 6.42. The van der Waals surface area contributed by atoms with Gasteiger partial charge in [-0.1, -0.05) is 26.0 Å². The van der Waals surface area contributed by atoms with E-state index in [0.29, 0.717) is 30.7 Å². The summed E-state index contributed by atoms with van der Waals surface area (Å²) in [5.74, 6) is 2.68. The molecule has 0 atom stereocenters. The Morgan fingerprint density at radius 2 is 2.11 bits per heavy atom. The lowest BCUT2D eigenvalue weighted by Crippen LogP contribution is -2.02. The van der Waals surface area contributed by atoms with Crippen LogP contribution in [0.1, 0.15) is 26.2 Å². The molecule has 4 heteroatoms. The third kappa shape index (κ3) is 3.58. The van der Waals surface area contributed by atoms with Gasteiger partial charge in [-0.05, 0) is 24.5 Å². The Morgan fingerprint density at radius 3 is 2.79 bits per heavy atom. The molecular weight excluding hydrogens is 240 g/mol. The summed E-state index contributed by atoms with van der Waals surface area (Å²) in [5, 5.41) is 0. The van der Waals surface area contributed by atoms with Gasteiger partial charge in [-0.3, -0.25) is 0 Å². The maximum absolute atomic E-state index is 5.83. The van der Waals surface area contributed by atoms with Crippen molar-refractivity contribution in [3.05, 3.63) is 36.4 Å². The molecule has 2 N–H and O–H groups in total. The summed E-state index contributed by atoms with van der Waals surface area (Å²) < 4.78 is 11.4. The largest absolute Gasteiger partial charge is 0.493 e. The first-order valence-corrected chi connectivity index (χ1v) is 6.57. The molecule has 0 aliphatic heterocycles. The van der Waals surface area contributed by atoms with Crippen molar-refractivity contribution in [1.29, 1.82) is 0 Å². The standard InChI is InChI=1S/C15H20N2O2/c1-11(2)7-8-18-13-6-4-3-5-12(13)14-10-17-15(9-16)19-14/h3-6,10-11H,7-9,16H2,1-2H3. The predicted octanol–water partition coefficient (Wildman–Crippen LogP) is 3.23. The molecule has 0 aliphatic rings. The Hall–Kier alpha value is -1.81. The smallest absolute Gasteiger partial charge is 0.208 e. The van der Waals surface area contributed by atoms with E-state index in [9.17, 15) is 0 Å². The average molecular weight is 260 g/mol. The Morgan fingerprint density at radius 1 is 1.32 bits per heavy atom. The molecule has 0 bridgehead atoms. The van der Waals surface area contributed by atoms with Crippen molar-refractivity contribution in [2.24, 2.45) is 11.7 Å². The summed E-state index contributed by atoms with van der Waals surface area (Å²) in [6, 6.07) is 7.81. The summed E-state index contributed by atoms with van der Waals surface area (Å²) >= 11 is 0. The molecule has 0 unspecified atom stereocenters. The molecule has 2 aromatic rings. The second-order valence-electron chi connectivity index (χ2n) is 4.85. The van der Waals surface area contributed by atoms with E-state index >= 15 is 0 Å². The lowest BCUT2D eigenvalue weighted by atomic mass is 10.1. The lowest BCUT2D eigenvalue weighted by Gasteiger charge is -2.10. The van der Waals surface area contributed by atoms with Gasteiger partial charge < -0.3 is 14.9 Å². The van der Waals surface area contributed by atoms with Crippen molar-refractivity contribution in [2.45, 2.75) is 26.8 Å². The minimum absolute atomic E-state index is 0.302. The number of ether oxygens (including phenoxy) is 1. The molecule has 0 aliphatic carbocycles. The SMILES string of the molecule is CC(C)CCOc1ccccc1-c1cnc(CN)o1. The summed E-state index contributed by atoms with van der Waals surface area (Å²) in [7, 11) is 0. The molecule has 0 saturated heterocycles. The summed E-state index contributed by atoms with van der Waals surface area (Å²) in [4.78, 5) is 4.11. The predicted molar refractivity (Wildman–Crippen MR) is 74.8 cm³/mol. The highest BCUT2D eigenvalue weighted by atomic mass is 16.5. The van der Waals surface area contributed by atoms with E-state index in [1.165, 1.54) is 0 Å². The molecule has 1 aromatic carbocycles. The fourth-order valence-corrected chi connectivity index (χ4v) is 1.73. The number of hydrogen-bond acceptors (Lipinski definition) is 4. The minimum atomic E-state index is 0.302. The highest BCUT2D eigenvalue weighted by Crippen LogP contribution is 2.30. The first-order chi connectivity index (χ1) is 9.20. The monoisotopic (exact) mass is 260 g/mol. The van der Waals surface area contributed by atoms with Crippen LogP contribution in [-0.4, -0.2) is 11.6 Å². The van der Waals surface area contributed by atoms with Crippen LogP contribution in [0.5, 0.6) is 5.75 Å². The number of oxazole rings is 1. The quantitative estimate of drug-likeness (QED) is 0.866. The Bertz CT molecular complexity index is 520. The van der Waals surface area contributed by atoms with Crippen LogP contribution in [0.15, 0.2) is 34.9 Å². The first kappa shape index (κ1) is 13.6. The molecule has 0 spiro atoms. The van der Waals surface area contributed by atoms with Gasteiger partial charge >= 0.3 is 0 Å². The fourth-order valence-electron chi connectivity index (χ4n) is 1.73. The van der Waals surface area contributed by atoms with Crippen molar-refractivity contribution >= 4 is 0 Å². The van der Waals surface area contributed by atoms with Crippen molar-refractivity contribution < 1.29 is 9.15 Å². The third-order valence-corrected chi connectivity index (χ3v) is 2.83. The van der Waals surface area contributed by atoms with E-state index in [1.807, 2.05) is 24.3 Å². The van der Waals surface area contributed by atoms with Gasteiger partial charge in [-0.25, -0.2) is 4.98 Å². The van der Waals surface area contributed by atoms with E-state index in [2.05, 4.69) is 18.8 Å². The molecule has 4 nitrogen and oxygen atoms in total. The molecule has 0 fully saturated rings. The van der Waals surface area contributed by atoms with Gasteiger partial charge in [0.2, 0.25) is 5.89 Å². The van der Waals surface area contributed by atoms with Gasteiger partial charge in [-0.2, -0.15) is 0 Å². The Labute approximate surface area is 113 Å². The average Bonchev–Trinajstić information content (AvgIpc) is 2.87. The Kier molecular flexibility index (Phi) is 4.58. The molecule has 2 rings (SSSR count). The van der Waals surface area contributed by atoms with Gasteiger partial charge in [0.05, 0.1) is 24.9 Å². The van der Waals surface area contributed by atoms with Crippen molar-refractivity contribution in [2.75, 3.05) is 6.61 Å². The van der Waals surface area contributed by atoms with Crippen LogP contribution in [0.25, 0.3) is 11.3 Å². The normalized spacial score (nSPS) is 10.9. The maximum atomic E-state index is 5.83.